The van der Waals surface area contributed by atoms with Crippen LogP contribution in [0.2, 0.25) is 15.1 Å². The number of hydrogen-bond acceptors (Lipinski definition) is 4. The van der Waals surface area contributed by atoms with Gasteiger partial charge in [0.25, 0.3) is 0 Å². The molecule has 0 bridgehead atoms. The van der Waals surface area contributed by atoms with Gasteiger partial charge in [-0.3, -0.25) is 13.9 Å². The van der Waals surface area contributed by atoms with E-state index in [9.17, 15) is 18.0 Å². The maximum Gasteiger partial charge on any atom is 0.244 e. The lowest BCUT2D eigenvalue weighted by molar-refractivity contribution is -0.140. The van der Waals surface area contributed by atoms with E-state index in [1.165, 1.54) is 23.1 Å². The Kier molecular flexibility index (Phi) is 9.84. The molecule has 2 rings (SSSR count). The first-order valence-corrected chi connectivity index (χ1v) is 13.2. The number of rotatable bonds is 10. The van der Waals surface area contributed by atoms with Crippen molar-refractivity contribution >= 4 is 62.3 Å². The van der Waals surface area contributed by atoms with Crippen molar-refractivity contribution in [2.24, 2.45) is 0 Å². The largest absolute Gasteiger partial charge is 0.355 e. The molecule has 33 heavy (non-hydrogen) atoms. The second kappa shape index (κ2) is 11.9. The number of benzene rings is 2. The number of carbonyl (C=O) groups is 2. The Morgan fingerprint density at radius 3 is 2.15 bits per heavy atom. The lowest BCUT2D eigenvalue weighted by atomic mass is 10.1. The van der Waals surface area contributed by atoms with Crippen molar-refractivity contribution < 1.29 is 18.0 Å². The van der Waals surface area contributed by atoms with Crippen LogP contribution in [0.15, 0.2) is 42.5 Å². The van der Waals surface area contributed by atoms with Crippen LogP contribution < -0.4 is 9.62 Å². The molecule has 11 heteroatoms. The van der Waals surface area contributed by atoms with Gasteiger partial charge < -0.3 is 10.2 Å². The van der Waals surface area contributed by atoms with E-state index in [0.29, 0.717) is 18.0 Å². The van der Waals surface area contributed by atoms with Gasteiger partial charge in [0.05, 0.1) is 17.0 Å². The highest BCUT2D eigenvalue weighted by Crippen LogP contribution is 2.31. The number of amides is 2. The molecule has 0 saturated carbocycles. The summed E-state index contributed by atoms with van der Waals surface area (Å²) in [7, 11) is -3.90. The van der Waals surface area contributed by atoms with Crippen LogP contribution in [-0.2, 0) is 26.2 Å². The first-order valence-electron chi connectivity index (χ1n) is 10.2. The average Bonchev–Trinajstić information content (AvgIpc) is 2.74. The Balaban J connectivity index is 2.46. The highest BCUT2D eigenvalue weighted by molar-refractivity contribution is 7.92. The van der Waals surface area contributed by atoms with E-state index < -0.39 is 28.5 Å². The minimum atomic E-state index is -3.90. The van der Waals surface area contributed by atoms with Crippen LogP contribution in [0.3, 0.4) is 0 Å². The van der Waals surface area contributed by atoms with Crippen molar-refractivity contribution in [1.29, 1.82) is 0 Å². The molecule has 0 unspecified atom stereocenters. The van der Waals surface area contributed by atoms with E-state index >= 15 is 0 Å². The highest BCUT2D eigenvalue weighted by atomic mass is 35.5. The van der Waals surface area contributed by atoms with Crippen molar-refractivity contribution in [2.75, 3.05) is 23.7 Å². The van der Waals surface area contributed by atoms with Gasteiger partial charge in [0.2, 0.25) is 21.8 Å². The lowest BCUT2D eigenvalue weighted by Gasteiger charge is -2.33. The molecule has 2 amide bonds. The molecule has 180 valence electrons. The monoisotopic (exact) mass is 533 g/mol. The van der Waals surface area contributed by atoms with Crippen LogP contribution in [0, 0.1) is 0 Å². The molecule has 0 radical (unpaired) electrons. The fourth-order valence-corrected chi connectivity index (χ4v) is 4.69. The van der Waals surface area contributed by atoms with Gasteiger partial charge in [-0.15, -0.1) is 0 Å². The summed E-state index contributed by atoms with van der Waals surface area (Å²) in [5.41, 5.74) is 0.819. The van der Waals surface area contributed by atoms with Crippen LogP contribution in [0.25, 0.3) is 0 Å². The van der Waals surface area contributed by atoms with E-state index in [4.69, 9.17) is 34.8 Å². The van der Waals surface area contributed by atoms with Crippen molar-refractivity contribution in [3.8, 4) is 0 Å². The first kappa shape index (κ1) is 27.2. The Labute approximate surface area is 209 Å². The lowest BCUT2D eigenvalue weighted by Crippen LogP contribution is -2.52. The Morgan fingerprint density at radius 2 is 1.61 bits per heavy atom. The van der Waals surface area contributed by atoms with E-state index in [2.05, 4.69) is 5.32 Å². The fourth-order valence-electron chi connectivity index (χ4n) is 3.27. The third kappa shape index (κ3) is 7.50. The number of halogens is 3. The van der Waals surface area contributed by atoms with Gasteiger partial charge in [-0.25, -0.2) is 8.42 Å². The number of nitrogens with zero attached hydrogens (tertiary/aromatic N) is 2. The molecule has 0 aliphatic rings. The van der Waals surface area contributed by atoms with Crippen LogP contribution in [-0.4, -0.2) is 50.5 Å². The molecule has 1 N–H and O–H groups in total. The van der Waals surface area contributed by atoms with Crippen molar-refractivity contribution in [2.45, 2.75) is 32.9 Å². The van der Waals surface area contributed by atoms with Gasteiger partial charge in [0, 0.05) is 23.1 Å². The smallest absolute Gasteiger partial charge is 0.244 e. The van der Waals surface area contributed by atoms with E-state index in [1.807, 2.05) is 0 Å². The topological polar surface area (TPSA) is 86.8 Å². The van der Waals surface area contributed by atoms with Gasteiger partial charge in [-0.2, -0.15) is 0 Å². The maximum absolute atomic E-state index is 13.5. The number of nitrogens with one attached hydrogen (secondary N) is 1. The summed E-state index contributed by atoms with van der Waals surface area (Å²) in [4.78, 5) is 27.6. The molecule has 0 fully saturated rings. The molecule has 0 heterocycles. The van der Waals surface area contributed by atoms with Gasteiger partial charge >= 0.3 is 0 Å². The first-order chi connectivity index (χ1) is 15.5. The predicted octanol–water partition coefficient (Wildman–Crippen LogP) is 4.36. The Hall–Kier alpha value is -2.00. The zero-order chi connectivity index (χ0) is 24.8. The fraction of sp³-hybridized carbons (Fsp3) is 0.364. The normalized spacial score (nSPS) is 12.2. The van der Waals surface area contributed by atoms with E-state index in [-0.39, 0.29) is 28.2 Å². The maximum atomic E-state index is 13.5. The van der Waals surface area contributed by atoms with Gasteiger partial charge in [-0.1, -0.05) is 53.9 Å². The summed E-state index contributed by atoms with van der Waals surface area (Å²) in [6.07, 6.45) is 1.31. The van der Waals surface area contributed by atoms with Gasteiger partial charge in [-0.05, 0) is 49.2 Å². The molecule has 0 aliphatic heterocycles. The molecule has 0 saturated heterocycles. The summed E-state index contributed by atoms with van der Waals surface area (Å²) in [6.45, 7) is 3.49. The highest BCUT2D eigenvalue weighted by Gasteiger charge is 2.32. The molecule has 1 atom stereocenters. The second-order valence-electron chi connectivity index (χ2n) is 7.33. The number of carbonyl (C=O) groups excluding carboxylic acids is 2. The number of likely N-dealkylation sites (N-methyl/N-ethyl adjacent to an activating group) is 1. The average molecular weight is 535 g/mol. The summed E-state index contributed by atoms with van der Waals surface area (Å²) >= 11 is 18.2. The van der Waals surface area contributed by atoms with Gasteiger partial charge in [0.1, 0.15) is 12.6 Å². The molecular formula is C22H26Cl3N3O4S. The third-order valence-electron chi connectivity index (χ3n) is 4.86. The minimum Gasteiger partial charge on any atom is -0.355 e. The van der Waals surface area contributed by atoms with E-state index in [1.54, 1.807) is 38.1 Å². The summed E-state index contributed by atoms with van der Waals surface area (Å²) < 4.78 is 26.1. The minimum absolute atomic E-state index is 0.0810. The van der Waals surface area contributed by atoms with Gasteiger partial charge in [0.15, 0.2) is 0 Å². The Morgan fingerprint density at radius 1 is 1.00 bits per heavy atom. The standard InChI is InChI=1S/C22H26Cl3N3O4S/c1-4-19(22(30)26-5-2)27(13-15-6-8-16(23)9-7-15)21(29)14-28(33(3,31)32)20-12-17(24)10-11-18(20)25/h6-12,19H,4-5,13-14H2,1-3H3,(H,26,30)/t19-/m0/s1. The SMILES string of the molecule is CCNC(=O)[C@H](CC)N(Cc1ccc(Cl)cc1)C(=O)CN(c1cc(Cl)ccc1Cl)S(C)(=O)=O. The molecule has 2 aromatic carbocycles. The number of sulfonamides is 1. The summed E-state index contributed by atoms with van der Waals surface area (Å²) in [5, 5.41) is 3.66. The van der Waals surface area contributed by atoms with Crippen molar-refractivity contribution in [1.82, 2.24) is 10.2 Å². The summed E-state index contributed by atoms with van der Waals surface area (Å²) in [5.74, 6) is -0.890. The molecule has 0 spiro atoms. The van der Waals surface area contributed by atoms with E-state index in [0.717, 1.165) is 16.1 Å². The van der Waals surface area contributed by atoms with Crippen molar-refractivity contribution in [3.05, 3.63) is 63.1 Å². The second-order valence-corrected chi connectivity index (χ2v) is 10.5. The predicted molar refractivity (Wildman–Crippen MR) is 133 cm³/mol. The molecular weight excluding hydrogens is 509 g/mol. The quantitative estimate of drug-likeness (QED) is 0.491. The third-order valence-corrected chi connectivity index (χ3v) is 6.79. The molecule has 2 aromatic rings. The zero-order valence-corrected chi connectivity index (χ0v) is 21.6. The molecule has 7 nitrogen and oxygen atoms in total. The number of hydrogen-bond donors (Lipinski definition) is 1. The summed E-state index contributed by atoms with van der Waals surface area (Å²) in [6, 6.07) is 10.4. The zero-order valence-electron chi connectivity index (χ0n) is 18.5. The van der Waals surface area contributed by atoms with Crippen LogP contribution >= 0.6 is 34.8 Å². The van der Waals surface area contributed by atoms with Crippen LogP contribution in [0.5, 0.6) is 0 Å². The van der Waals surface area contributed by atoms with Crippen LogP contribution in [0.4, 0.5) is 5.69 Å². The number of anilines is 1. The molecule has 0 aliphatic carbocycles. The Bertz CT molecular complexity index is 1090. The van der Waals surface area contributed by atoms with Crippen LogP contribution in [0.1, 0.15) is 25.8 Å². The molecule has 0 aromatic heterocycles. The van der Waals surface area contributed by atoms with Crippen molar-refractivity contribution in [3.63, 3.8) is 0 Å².